The number of carbonyl (C=O) groups excluding carboxylic acids is 2. The molecule has 0 bridgehead atoms. The van der Waals surface area contributed by atoms with Gasteiger partial charge in [0.1, 0.15) is 11.5 Å². The lowest BCUT2D eigenvalue weighted by Gasteiger charge is -2.26. The van der Waals surface area contributed by atoms with E-state index in [2.05, 4.69) is 20.2 Å². The van der Waals surface area contributed by atoms with Crippen molar-refractivity contribution in [2.45, 2.75) is 12.8 Å². The van der Waals surface area contributed by atoms with Crippen LogP contribution in [0.4, 0.5) is 5.95 Å². The molecule has 1 aliphatic rings. The molecule has 2 aromatic heterocycles. The standard InChI is InChI=1S/C24H23N7O3/c1-30(2)22(33)15-6-8-17(9-7-15)34-24-27-21(18-4-3-5-20-19(18)14-25-29-20)26-23(28-24)31-12-10-16(32)11-13-31/h3-9,14H,10-13H2,1-2H3,(H,25,29). The number of aromatic amines is 1. The van der Waals surface area contributed by atoms with Crippen LogP contribution in [0.3, 0.4) is 0 Å². The molecule has 34 heavy (non-hydrogen) atoms. The summed E-state index contributed by atoms with van der Waals surface area (Å²) in [5.74, 6) is 1.53. The highest BCUT2D eigenvalue weighted by atomic mass is 16.5. The number of benzene rings is 2. The number of aromatic nitrogens is 5. The first-order valence-electron chi connectivity index (χ1n) is 10.9. The number of ketones is 1. The fourth-order valence-corrected chi connectivity index (χ4v) is 3.80. The van der Waals surface area contributed by atoms with E-state index >= 15 is 0 Å². The van der Waals surface area contributed by atoms with Crippen molar-refractivity contribution in [1.82, 2.24) is 30.0 Å². The Labute approximate surface area is 195 Å². The summed E-state index contributed by atoms with van der Waals surface area (Å²) in [7, 11) is 3.41. The molecular formula is C24H23N7O3. The molecule has 1 aliphatic heterocycles. The van der Waals surface area contributed by atoms with E-state index in [0.29, 0.717) is 49.0 Å². The minimum Gasteiger partial charge on any atom is -0.424 e. The average Bonchev–Trinajstić information content (AvgIpc) is 3.33. The number of hydrogen-bond acceptors (Lipinski definition) is 8. The van der Waals surface area contributed by atoms with Gasteiger partial charge in [-0.15, -0.1) is 0 Å². The zero-order valence-corrected chi connectivity index (χ0v) is 18.9. The molecule has 1 amide bonds. The third-order valence-electron chi connectivity index (χ3n) is 5.65. The number of Topliss-reactive ketones (excluding diaryl/α,β-unsaturated/α-hetero) is 1. The van der Waals surface area contributed by atoms with Crippen LogP contribution in [0.2, 0.25) is 0 Å². The second-order valence-electron chi connectivity index (χ2n) is 8.23. The highest BCUT2D eigenvalue weighted by Crippen LogP contribution is 2.29. The number of fused-ring (bicyclic) bond motifs is 1. The van der Waals surface area contributed by atoms with E-state index in [-0.39, 0.29) is 17.7 Å². The number of hydrogen-bond donors (Lipinski definition) is 1. The lowest BCUT2D eigenvalue weighted by Crippen LogP contribution is -2.35. The molecule has 5 rings (SSSR count). The van der Waals surface area contributed by atoms with Crippen molar-refractivity contribution < 1.29 is 14.3 Å². The largest absolute Gasteiger partial charge is 0.424 e. The van der Waals surface area contributed by atoms with Crippen LogP contribution in [0.25, 0.3) is 22.3 Å². The molecule has 1 saturated heterocycles. The summed E-state index contributed by atoms with van der Waals surface area (Å²) in [4.78, 5) is 41.2. The molecule has 3 heterocycles. The molecule has 0 unspecified atom stereocenters. The van der Waals surface area contributed by atoms with Gasteiger partial charge in [0.05, 0.1) is 11.7 Å². The van der Waals surface area contributed by atoms with E-state index < -0.39 is 0 Å². The molecule has 0 atom stereocenters. The predicted molar refractivity (Wildman–Crippen MR) is 126 cm³/mol. The zero-order valence-electron chi connectivity index (χ0n) is 18.9. The number of nitrogens with zero attached hydrogens (tertiary/aromatic N) is 6. The van der Waals surface area contributed by atoms with Crippen LogP contribution in [-0.2, 0) is 4.79 Å². The molecule has 4 aromatic rings. The van der Waals surface area contributed by atoms with Gasteiger partial charge in [0.25, 0.3) is 5.91 Å². The monoisotopic (exact) mass is 457 g/mol. The van der Waals surface area contributed by atoms with Crippen LogP contribution in [0, 0.1) is 0 Å². The number of H-pyrrole nitrogens is 1. The van der Waals surface area contributed by atoms with Gasteiger partial charge in [-0.05, 0) is 30.3 Å². The minimum absolute atomic E-state index is 0.0934. The van der Waals surface area contributed by atoms with Crippen molar-refractivity contribution >= 4 is 28.5 Å². The molecule has 0 radical (unpaired) electrons. The summed E-state index contributed by atoms with van der Waals surface area (Å²) in [6, 6.07) is 12.7. The van der Waals surface area contributed by atoms with Crippen molar-refractivity contribution in [2.24, 2.45) is 0 Å². The Morgan fingerprint density at radius 2 is 1.79 bits per heavy atom. The first-order valence-corrected chi connectivity index (χ1v) is 10.9. The number of ether oxygens (including phenoxy) is 1. The molecule has 10 heteroatoms. The highest BCUT2D eigenvalue weighted by molar-refractivity contribution is 5.94. The summed E-state index contributed by atoms with van der Waals surface area (Å²) in [6.45, 7) is 1.08. The predicted octanol–water partition coefficient (Wildman–Crippen LogP) is 3.08. The third kappa shape index (κ3) is 4.29. The minimum atomic E-state index is -0.0934. The topological polar surface area (TPSA) is 117 Å². The Bertz CT molecular complexity index is 1350. The molecule has 0 aliphatic carbocycles. The van der Waals surface area contributed by atoms with Crippen molar-refractivity contribution in [1.29, 1.82) is 0 Å². The van der Waals surface area contributed by atoms with Gasteiger partial charge in [0, 0.05) is 56.5 Å². The molecular weight excluding hydrogens is 434 g/mol. The first-order chi connectivity index (χ1) is 16.5. The van der Waals surface area contributed by atoms with Crippen LogP contribution in [-0.4, -0.2) is 68.9 Å². The van der Waals surface area contributed by atoms with E-state index in [0.717, 1.165) is 16.5 Å². The van der Waals surface area contributed by atoms with Crippen molar-refractivity contribution in [3.63, 3.8) is 0 Å². The number of amides is 1. The summed E-state index contributed by atoms with van der Waals surface area (Å²) >= 11 is 0. The average molecular weight is 457 g/mol. The molecule has 10 nitrogen and oxygen atoms in total. The number of rotatable bonds is 5. The molecule has 1 fully saturated rings. The maximum atomic E-state index is 12.2. The van der Waals surface area contributed by atoms with Gasteiger partial charge in [0.15, 0.2) is 5.82 Å². The van der Waals surface area contributed by atoms with E-state index in [4.69, 9.17) is 9.72 Å². The molecule has 172 valence electrons. The van der Waals surface area contributed by atoms with Gasteiger partial charge in [-0.25, -0.2) is 0 Å². The Hall–Kier alpha value is -4.34. The second-order valence-corrected chi connectivity index (χ2v) is 8.23. The van der Waals surface area contributed by atoms with Crippen LogP contribution >= 0.6 is 0 Å². The van der Waals surface area contributed by atoms with Gasteiger partial charge in [-0.1, -0.05) is 12.1 Å². The normalized spacial score (nSPS) is 13.8. The Morgan fingerprint density at radius 1 is 1.03 bits per heavy atom. The second kappa shape index (κ2) is 8.89. The van der Waals surface area contributed by atoms with Gasteiger partial charge in [-0.2, -0.15) is 20.1 Å². The zero-order chi connectivity index (χ0) is 23.7. The number of anilines is 1. The lowest BCUT2D eigenvalue weighted by atomic mass is 10.1. The van der Waals surface area contributed by atoms with Crippen LogP contribution in [0.15, 0.2) is 48.7 Å². The van der Waals surface area contributed by atoms with Crippen LogP contribution in [0.1, 0.15) is 23.2 Å². The quantitative estimate of drug-likeness (QED) is 0.486. The molecule has 2 aromatic carbocycles. The maximum Gasteiger partial charge on any atom is 0.327 e. The molecule has 0 spiro atoms. The van der Waals surface area contributed by atoms with Gasteiger partial charge in [-0.3, -0.25) is 14.7 Å². The fourth-order valence-electron chi connectivity index (χ4n) is 3.80. The van der Waals surface area contributed by atoms with Crippen molar-refractivity contribution in [2.75, 3.05) is 32.1 Å². The fraction of sp³-hybridized carbons (Fsp3) is 0.250. The summed E-state index contributed by atoms with van der Waals surface area (Å²) in [6.07, 6.45) is 2.64. The summed E-state index contributed by atoms with van der Waals surface area (Å²) < 4.78 is 5.98. The van der Waals surface area contributed by atoms with Gasteiger partial charge in [0.2, 0.25) is 5.95 Å². The Kier molecular flexibility index (Phi) is 5.62. The number of nitrogens with one attached hydrogen (secondary N) is 1. The third-order valence-corrected chi connectivity index (χ3v) is 5.65. The van der Waals surface area contributed by atoms with Crippen LogP contribution < -0.4 is 9.64 Å². The number of piperidine rings is 1. The SMILES string of the molecule is CN(C)C(=O)c1ccc(Oc2nc(-c3cccc4[nH]ncc34)nc(N3CCC(=O)CC3)n2)cc1. The van der Waals surface area contributed by atoms with E-state index in [9.17, 15) is 9.59 Å². The maximum absolute atomic E-state index is 12.2. The summed E-state index contributed by atoms with van der Waals surface area (Å²) in [5, 5.41) is 7.97. The lowest BCUT2D eigenvalue weighted by molar-refractivity contribution is -0.119. The Morgan fingerprint density at radius 3 is 2.53 bits per heavy atom. The summed E-state index contributed by atoms with van der Waals surface area (Å²) in [5.41, 5.74) is 2.21. The van der Waals surface area contributed by atoms with Gasteiger partial charge < -0.3 is 14.5 Å². The first kappa shape index (κ1) is 21.5. The number of carbonyl (C=O) groups is 2. The molecule has 1 N–H and O–H groups in total. The molecule has 0 saturated carbocycles. The smallest absolute Gasteiger partial charge is 0.327 e. The van der Waals surface area contributed by atoms with Crippen molar-refractivity contribution in [3.8, 4) is 23.1 Å². The van der Waals surface area contributed by atoms with E-state index in [1.165, 1.54) is 4.90 Å². The van der Waals surface area contributed by atoms with Gasteiger partial charge >= 0.3 is 6.01 Å². The highest BCUT2D eigenvalue weighted by Gasteiger charge is 2.22. The van der Waals surface area contributed by atoms with Crippen molar-refractivity contribution in [3.05, 3.63) is 54.2 Å². The van der Waals surface area contributed by atoms with Crippen LogP contribution in [0.5, 0.6) is 11.8 Å². The van der Waals surface area contributed by atoms with E-state index in [1.54, 1.807) is 44.6 Å². The Balaban J connectivity index is 1.52. The van der Waals surface area contributed by atoms with E-state index in [1.807, 2.05) is 23.1 Å².